The molecule has 0 radical (unpaired) electrons. The van der Waals surface area contributed by atoms with Crippen molar-refractivity contribution in [2.24, 2.45) is 11.8 Å². The van der Waals surface area contributed by atoms with Gasteiger partial charge in [-0.05, 0) is 172 Å². The van der Waals surface area contributed by atoms with Crippen molar-refractivity contribution in [1.29, 1.82) is 0 Å². The Bertz CT molecular complexity index is 3660. The number of amides is 8. The summed E-state index contributed by atoms with van der Waals surface area (Å²) in [5.41, 5.74) is 4.84. The highest BCUT2D eigenvalue weighted by molar-refractivity contribution is 6.24. The molecule has 87 heavy (non-hydrogen) atoms. The van der Waals surface area contributed by atoms with Crippen molar-refractivity contribution < 1.29 is 47.5 Å². The summed E-state index contributed by atoms with van der Waals surface area (Å²) in [6.07, 6.45) is 10.5. The Balaban J connectivity index is 0.691. The van der Waals surface area contributed by atoms with E-state index in [1.807, 2.05) is 54.2 Å². The molecule has 2 aromatic heterocycles. The fraction of sp³-hybridized carbons (Fsp3) is 0.515. The van der Waals surface area contributed by atoms with E-state index in [0.29, 0.717) is 111 Å². The summed E-state index contributed by atoms with van der Waals surface area (Å²) in [6.45, 7) is 13.3. The maximum atomic E-state index is 16.0. The average molecular weight is 1190 g/mol. The Morgan fingerprint density at radius 3 is 2.25 bits per heavy atom. The quantitative estimate of drug-likeness (QED) is 0.0948. The molecule has 4 saturated heterocycles. The molecule has 2 saturated carbocycles. The van der Waals surface area contributed by atoms with Gasteiger partial charge in [-0.25, -0.2) is 14.4 Å². The van der Waals surface area contributed by atoms with Gasteiger partial charge in [0.2, 0.25) is 29.5 Å². The first kappa shape index (κ1) is 58.0. The molecule has 3 N–H and O–H groups in total. The van der Waals surface area contributed by atoms with Crippen LogP contribution in [0.2, 0.25) is 0 Å². The molecular formula is C66H76FN11O9. The predicted octanol–water partition coefficient (Wildman–Crippen LogP) is 8.12. The molecule has 8 aliphatic rings. The van der Waals surface area contributed by atoms with Crippen LogP contribution in [0.1, 0.15) is 166 Å². The number of carbonyl (C=O) groups is 8. The van der Waals surface area contributed by atoms with Crippen LogP contribution in [0.15, 0.2) is 60.9 Å². The molecule has 3 aromatic carbocycles. The lowest BCUT2D eigenvalue weighted by molar-refractivity contribution is -0.140. The minimum Gasteiger partial charge on any atom is -0.490 e. The molecule has 1 unspecified atom stereocenters. The maximum Gasteiger partial charge on any atom is 0.266 e. The maximum absolute atomic E-state index is 16.0. The number of aromatic nitrogens is 3. The Morgan fingerprint density at radius 2 is 1.53 bits per heavy atom. The van der Waals surface area contributed by atoms with Crippen LogP contribution in [0, 0.1) is 24.6 Å². The molecule has 13 rings (SSSR count). The molecule has 8 amide bonds. The first-order valence-corrected chi connectivity index (χ1v) is 31.4. The van der Waals surface area contributed by atoms with Gasteiger partial charge in [0, 0.05) is 79.5 Å². The highest BCUT2D eigenvalue weighted by atomic mass is 19.1. The number of rotatable bonds is 13. The van der Waals surface area contributed by atoms with E-state index in [0.717, 1.165) is 47.6 Å². The number of anilines is 3. The van der Waals surface area contributed by atoms with Gasteiger partial charge in [-0.15, -0.1) is 0 Å². The number of benzene rings is 3. The average Bonchev–Trinajstić information content (AvgIpc) is 1.58. The summed E-state index contributed by atoms with van der Waals surface area (Å²) in [5.74, 6) is -3.10. The van der Waals surface area contributed by atoms with Crippen molar-refractivity contribution in [3.05, 3.63) is 94.6 Å². The first-order chi connectivity index (χ1) is 41.8. The van der Waals surface area contributed by atoms with E-state index in [2.05, 4.69) is 37.9 Å². The van der Waals surface area contributed by atoms with Gasteiger partial charge in [0.1, 0.15) is 23.1 Å². The van der Waals surface area contributed by atoms with E-state index in [-0.39, 0.29) is 95.1 Å². The third-order valence-electron chi connectivity index (χ3n) is 19.9. The second-order valence-electron chi connectivity index (χ2n) is 26.0. The molecule has 6 aliphatic heterocycles. The molecular weight excluding hydrogens is 1110 g/mol. The molecule has 20 nitrogen and oxygen atoms in total. The molecule has 6 fully saturated rings. The van der Waals surface area contributed by atoms with E-state index in [4.69, 9.17) is 14.7 Å². The standard InChI is InChI=1S/C66H76FN11O9/c1-36(2)69-59(80)46-32-50(48(67)28-38(46)5)71-58-57-51(68-35-76(57)37(3)4)33-49(70-58)40-14-17-47-53(29-40)77(43-30-42(31-43)73-23-7-6-8-24-73)65(86)66(47)21-26-74(27-22-66)62(83)41-20-25-75(34-41)61(82)39-12-15-44(16-13-39)87-54-11-9-10-45-56(54)64(85)78(63(45)84)52-18-19-55(79)72-60(52)81/h9-11,14,17,28-29,32-33,35-37,39,41-44,52H,6-8,12-13,15-16,18-27,30-31,34H2,1-5H3,(H,69,80)(H,70,71)(H,72,79,81)/t39-,41-,42-,43+,44-,52?/m1/s1. The lowest BCUT2D eigenvalue weighted by Gasteiger charge is -2.48. The zero-order valence-corrected chi connectivity index (χ0v) is 50.2. The number of pyridine rings is 1. The Kier molecular flexibility index (Phi) is 15.3. The molecule has 5 aromatic rings. The van der Waals surface area contributed by atoms with Crippen LogP contribution in [0.3, 0.4) is 0 Å². The van der Waals surface area contributed by atoms with Crippen LogP contribution in [0.25, 0.3) is 22.3 Å². The molecule has 0 bridgehead atoms. The number of likely N-dealkylation sites (tertiary alicyclic amines) is 3. The van der Waals surface area contributed by atoms with Gasteiger partial charge in [0.05, 0.1) is 51.8 Å². The van der Waals surface area contributed by atoms with Crippen LogP contribution in [0.4, 0.5) is 21.6 Å². The van der Waals surface area contributed by atoms with Crippen LogP contribution in [-0.4, -0.2) is 151 Å². The summed E-state index contributed by atoms with van der Waals surface area (Å²) >= 11 is 0. The van der Waals surface area contributed by atoms with E-state index < -0.39 is 40.9 Å². The SMILES string of the molecule is Cc1cc(F)c(Nc2nc(-c3ccc4c(c3)N([C@H]3C[C@@H](N5CCCCC5)C3)C(=O)C43CCN(C(=O)[C@@H]4CCN(C(=O)[C@H]5CC[C@H](Oc6cccc7c6C(=O)N(C6CCC(=O)NC6=O)C7=O)CC5)C4)CC3)cc3ncn(C(C)C)c23)cc1C(=O)NC(C)C. The lowest BCUT2D eigenvalue weighted by atomic mass is 9.73. The topological polar surface area (TPSA) is 229 Å². The van der Waals surface area contributed by atoms with Gasteiger partial charge < -0.3 is 39.5 Å². The number of imide groups is 2. The van der Waals surface area contributed by atoms with E-state index >= 15 is 9.18 Å². The van der Waals surface area contributed by atoms with Gasteiger partial charge in [-0.3, -0.25) is 48.6 Å². The largest absolute Gasteiger partial charge is 0.490 e. The number of aryl methyl sites for hydroxylation is 1. The van der Waals surface area contributed by atoms with E-state index in [9.17, 15) is 33.6 Å². The van der Waals surface area contributed by atoms with Crippen molar-refractivity contribution in [1.82, 2.24) is 44.8 Å². The van der Waals surface area contributed by atoms with Gasteiger partial charge in [-0.2, -0.15) is 0 Å². The van der Waals surface area contributed by atoms with Crippen molar-refractivity contribution >= 4 is 75.5 Å². The summed E-state index contributed by atoms with van der Waals surface area (Å²) in [6, 6.07) is 15.0. The normalized spacial score (nSPS) is 24.7. The number of imidazole rings is 1. The summed E-state index contributed by atoms with van der Waals surface area (Å²) in [7, 11) is 0. The third-order valence-corrected chi connectivity index (χ3v) is 19.9. The summed E-state index contributed by atoms with van der Waals surface area (Å²) in [4.78, 5) is 128. The smallest absolute Gasteiger partial charge is 0.266 e. The predicted molar refractivity (Wildman–Crippen MR) is 322 cm³/mol. The number of piperidine rings is 3. The molecule has 2 aliphatic carbocycles. The second kappa shape index (κ2) is 22.9. The highest BCUT2D eigenvalue weighted by Crippen LogP contribution is 2.53. The van der Waals surface area contributed by atoms with Crippen LogP contribution >= 0.6 is 0 Å². The molecule has 21 heteroatoms. The van der Waals surface area contributed by atoms with Gasteiger partial charge in [0.15, 0.2) is 5.82 Å². The van der Waals surface area contributed by atoms with Crippen LogP contribution in [-0.2, 0) is 29.4 Å². The summed E-state index contributed by atoms with van der Waals surface area (Å²) in [5, 5.41) is 8.42. The van der Waals surface area contributed by atoms with Crippen molar-refractivity contribution in [3.8, 4) is 17.0 Å². The highest BCUT2D eigenvalue weighted by Gasteiger charge is 2.56. The van der Waals surface area contributed by atoms with E-state index in [1.165, 1.54) is 37.5 Å². The Morgan fingerprint density at radius 1 is 0.782 bits per heavy atom. The molecule has 1 spiro atoms. The number of carbonyl (C=O) groups excluding carboxylic acids is 8. The lowest BCUT2D eigenvalue weighted by Crippen LogP contribution is -2.58. The number of halogens is 1. The van der Waals surface area contributed by atoms with Gasteiger partial charge in [0.25, 0.3) is 17.7 Å². The van der Waals surface area contributed by atoms with E-state index in [1.54, 1.807) is 25.4 Å². The van der Waals surface area contributed by atoms with Crippen molar-refractivity contribution in [3.63, 3.8) is 0 Å². The second-order valence-corrected chi connectivity index (χ2v) is 26.0. The fourth-order valence-corrected chi connectivity index (χ4v) is 15.1. The first-order valence-electron chi connectivity index (χ1n) is 31.4. The number of hydrogen-bond acceptors (Lipinski definition) is 13. The zero-order valence-electron chi connectivity index (χ0n) is 50.2. The molecule has 8 heterocycles. The monoisotopic (exact) mass is 1190 g/mol. The van der Waals surface area contributed by atoms with Crippen molar-refractivity contribution in [2.45, 2.75) is 166 Å². The number of hydrogen-bond donors (Lipinski definition) is 3. The van der Waals surface area contributed by atoms with Crippen LogP contribution < -0.4 is 25.6 Å². The molecule has 456 valence electrons. The minimum absolute atomic E-state index is 0.00392. The fourth-order valence-electron chi connectivity index (χ4n) is 15.1. The third kappa shape index (κ3) is 10.4. The number of nitrogens with zero attached hydrogens (tertiary/aromatic N) is 8. The number of fused-ring (bicyclic) bond motifs is 4. The summed E-state index contributed by atoms with van der Waals surface area (Å²) < 4.78 is 24.3. The Hall–Kier alpha value is -8.07. The molecule has 2 atom stereocenters. The van der Waals surface area contributed by atoms with Gasteiger partial charge in [-0.1, -0.05) is 24.6 Å². The van der Waals surface area contributed by atoms with Crippen LogP contribution in [0.5, 0.6) is 5.75 Å². The Labute approximate surface area is 504 Å². The van der Waals surface area contributed by atoms with Crippen molar-refractivity contribution in [2.75, 3.05) is 49.5 Å². The minimum atomic E-state index is -1.09. The number of nitrogens with one attached hydrogen (secondary N) is 3. The zero-order chi connectivity index (χ0) is 60.7. The number of ether oxygens (including phenoxy) is 1. The van der Waals surface area contributed by atoms with Gasteiger partial charge >= 0.3 is 0 Å².